The molecule has 0 aliphatic carbocycles. The number of halogens is 2. The number of hydrogen-bond donors (Lipinski definition) is 2. The van der Waals surface area contributed by atoms with E-state index in [-0.39, 0.29) is 10.7 Å². The van der Waals surface area contributed by atoms with Crippen LogP contribution in [0.3, 0.4) is 0 Å². The van der Waals surface area contributed by atoms with Gasteiger partial charge in [0.05, 0.1) is 10.7 Å². The van der Waals surface area contributed by atoms with Gasteiger partial charge >= 0.3 is 10.2 Å². The Bertz CT molecular complexity index is 567. The number of hydrogen-bond acceptors (Lipinski definition) is 3. The first kappa shape index (κ1) is 18.2. The molecule has 0 heterocycles. The molecule has 1 aromatic rings. The Kier molecular flexibility index (Phi) is 6.86. The fraction of sp³-hybridized carbons (Fsp3) is 0.538. The molecule has 120 valence electrons. The summed E-state index contributed by atoms with van der Waals surface area (Å²) in [7, 11) is -2.22. The summed E-state index contributed by atoms with van der Waals surface area (Å²) >= 11 is 5.81. The van der Waals surface area contributed by atoms with E-state index in [1.165, 1.54) is 17.4 Å². The van der Waals surface area contributed by atoms with E-state index in [2.05, 4.69) is 10.0 Å². The van der Waals surface area contributed by atoms with E-state index in [0.717, 1.165) is 18.7 Å². The fourth-order valence-electron chi connectivity index (χ4n) is 1.60. The van der Waals surface area contributed by atoms with Crippen molar-refractivity contribution in [2.45, 2.75) is 26.3 Å². The van der Waals surface area contributed by atoms with Gasteiger partial charge in [-0.2, -0.15) is 12.7 Å². The Morgan fingerprint density at radius 1 is 1.38 bits per heavy atom. The van der Waals surface area contributed by atoms with E-state index >= 15 is 0 Å². The minimum atomic E-state index is -3.70. The molecule has 0 atom stereocenters. The molecule has 0 amide bonds. The average Bonchev–Trinajstić information content (AvgIpc) is 2.37. The Morgan fingerprint density at radius 3 is 2.62 bits per heavy atom. The molecule has 0 unspecified atom stereocenters. The Hall–Kier alpha value is -0.890. The van der Waals surface area contributed by atoms with Gasteiger partial charge in [0.1, 0.15) is 5.82 Å². The minimum Gasteiger partial charge on any atom is -0.314 e. The van der Waals surface area contributed by atoms with Crippen molar-refractivity contribution in [2.75, 3.05) is 24.9 Å². The van der Waals surface area contributed by atoms with Crippen molar-refractivity contribution in [3.8, 4) is 0 Å². The van der Waals surface area contributed by atoms with Gasteiger partial charge < -0.3 is 5.32 Å². The lowest BCUT2D eigenvalue weighted by atomic mass is 10.3. The summed E-state index contributed by atoms with van der Waals surface area (Å²) in [6.45, 7) is 5.15. The van der Waals surface area contributed by atoms with Crippen LogP contribution >= 0.6 is 11.6 Å². The third-order valence-corrected chi connectivity index (χ3v) is 4.58. The quantitative estimate of drug-likeness (QED) is 0.716. The smallest absolute Gasteiger partial charge is 0.301 e. The molecule has 0 saturated heterocycles. The number of rotatable bonds is 8. The third kappa shape index (κ3) is 6.17. The van der Waals surface area contributed by atoms with Gasteiger partial charge in [-0.25, -0.2) is 4.39 Å². The third-order valence-electron chi connectivity index (χ3n) is 2.78. The highest BCUT2D eigenvalue weighted by Crippen LogP contribution is 2.23. The van der Waals surface area contributed by atoms with Gasteiger partial charge in [-0.15, -0.1) is 0 Å². The van der Waals surface area contributed by atoms with Crippen molar-refractivity contribution >= 4 is 27.5 Å². The van der Waals surface area contributed by atoms with E-state index < -0.39 is 16.0 Å². The van der Waals surface area contributed by atoms with E-state index in [4.69, 9.17) is 11.6 Å². The predicted octanol–water partition coefficient (Wildman–Crippen LogP) is 2.46. The first-order chi connectivity index (χ1) is 9.72. The van der Waals surface area contributed by atoms with Crippen LogP contribution in [0.15, 0.2) is 18.2 Å². The van der Waals surface area contributed by atoms with Crippen LogP contribution in [0.1, 0.15) is 20.3 Å². The molecular formula is C13H21ClFN3O2S. The van der Waals surface area contributed by atoms with Crippen LogP contribution in [-0.4, -0.2) is 38.9 Å². The maximum Gasteiger partial charge on any atom is 0.301 e. The number of benzene rings is 1. The standard InChI is InChI=1S/C13H21ClFN3O2S/c1-10(2)16-7-4-8-18(3)21(19,20)17-13-6-5-11(15)9-12(13)14/h5-6,9-10,16-17H,4,7-8H2,1-3H3. The minimum absolute atomic E-state index is 0.0217. The van der Waals surface area contributed by atoms with E-state index in [0.29, 0.717) is 19.0 Å². The van der Waals surface area contributed by atoms with Crippen LogP contribution < -0.4 is 10.0 Å². The van der Waals surface area contributed by atoms with Gasteiger partial charge in [0, 0.05) is 19.6 Å². The molecule has 0 bridgehead atoms. The van der Waals surface area contributed by atoms with Crippen molar-refractivity contribution in [1.82, 2.24) is 9.62 Å². The summed E-state index contributed by atoms with van der Waals surface area (Å²) < 4.78 is 40.7. The molecular weight excluding hydrogens is 317 g/mol. The summed E-state index contributed by atoms with van der Waals surface area (Å²) in [4.78, 5) is 0. The van der Waals surface area contributed by atoms with E-state index in [1.54, 1.807) is 0 Å². The SMILES string of the molecule is CC(C)NCCCN(C)S(=O)(=O)Nc1ccc(F)cc1Cl. The van der Waals surface area contributed by atoms with Crippen molar-refractivity contribution in [3.63, 3.8) is 0 Å². The van der Waals surface area contributed by atoms with Crippen LogP contribution in [0.25, 0.3) is 0 Å². The number of anilines is 1. The van der Waals surface area contributed by atoms with Crippen LogP contribution in [-0.2, 0) is 10.2 Å². The second-order valence-electron chi connectivity index (χ2n) is 5.02. The normalized spacial score (nSPS) is 12.1. The second kappa shape index (κ2) is 7.93. The van der Waals surface area contributed by atoms with Gasteiger partial charge in [-0.05, 0) is 31.2 Å². The molecule has 1 rings (SSSR count). The monoisotopic (exact) mass is 337 g/mol. The highest BCUT2D eigenvalue weighted by molar-refractivity contribution is 7.90. The summed E-state index contributed by atoms with van der Waals surface area (Å²) in [5, 5.41) is 3.23. The number of nitrogens with one attached hydrogen (secondary N) is 2. The summed E-state index contributed by atoms with van der Waals surface area (Å²) in [6, 6.07) is 3.87. The van der Waals surface area contributed by atoms with Gasteiger partial charge in [0.25, 0.3) is 0 Å². The zero-order valence-corrected chi connectivity index (χ0v) is 13.9. The average molecular weight is 338 g/mol. The zero-order valence-electron chi connectivity index (χ0n) is 12.4. The van der Waals surface area contributed by atoms with E-state index in [1.807, 2.05) is 13.8 Å². The molecule has 0 aromatic heterocycles. The molecule has 2 N–H and O–H groups in total. The van der Waals surface area contributed by atoms with Crippen LogP contribution in [0.4, 0.5) is 10.1 Å². The van der Waals surface area contributed by atoms with Gasteiger partial charge in [0.15, 0.2) is 0 Å². The molecule has 0 spiro atoms. The molecule has 5 nitrogen and oxygen atoms in total. The molecule has 0 aliphatic rings. The van der Waals surface area contributed by atoms with Gasteiger partial charge in [0.2, 0.25) is 0 Å². The number of nitrogens with zero attached hydrogens (tertiary/aromatic N) is 1. The predicted molar refractivity (Wildman–Crippen MR) is 84.3 cm³/mol. The van der Waals surface area contributed by atoms with Crippen molar-refractivity contribution in [1.29, 1.82) is 0 Å². The molecule has 0 aliphatic heterocycles. The second-order valence-corrected chi connectivity index (χ2v) is 7.20. The molecule has 0 fully saturated rings. The molecule has 1 aromatic carbocycles. The molecule has 21 heavy (non-hydrogen) atoms. The molecule has 8 heteroatoms. The lowest BCUT2D eigenvalue weighted by Gasteiger charge is -2.19. The summed E-state index contributed by atoms with van der Waals surface area (Å²) in [5.41, 5.74) is 0.158. The maximum atomic E-state index is 12.9. The Labute approximate surface area is 130 Å². The fourth-order valence-corrected chi connectivity index (χ4v) is 2.85. The van der Waals surface area contributed by atoms with Crippen LogP contribution in [0.2, 0.25) is 5.02 Å². The van der Waals surface area contributed by atoms with Crippen LogP contribution in [0, 0.1) is 5.82 Å². The van der Waals surface area contributed by atoms with Crippen molar-refractivity contribution in [2.24, 2.45) is 0 Å². The van der Waals surface area contributed by atoms with Crippen molar-refractivity contribution in [3.05, 3.63) is 29.0 Å². The van der Waals surface area contributed by atoms with Crippen LogP contribution in [0.5, 0.6) is 0 Å². The topological polar surface area (TPSA) is 61.4 Å². The lowest BCUT2D eigenvalue weighted by Crippen LogP contribution is -2.35. The molecule has 0 saturated carbocycles. The Morgan fingerprint density at radius 2 is 2.05 bits per heavy atom. The van der Waals surface area contributed by atoms with Gasteiger partial charge in [-0.1, -0.05) is 25.4 Å². The summed E-state index contributed by atoms with van der Waals surface area (Å²) in [6.07, 6.45) is 0.687. The Balaban J connectivity index is 2.59. The largest absolute Gasteiger partial charge is 0.314 e. The highest BCUT2D eigenvalue weighted by atomic mass is 35.5. The highest BCUT2D eigenvalue weighted by Gasteiger charge is 2.18. The van der Waals surface area contributed by atoms with E-state index in [9.17, 15) is 12.8 Å². The van der Waals surface area contributed by atoms with Crippen molar-refractivity contribution < 1.29 is 12.8 Å². The van der Waals surface area contributed by atoms with Gasteiger partial charge in [-0.3, -0.25) is 4.72 Å². The molecule has 0 radical (unpaired) electrons. The lowest BCUT2D eigenvalue weighted by molar-refractivity contribution is 0.451. The first-order valence-corrected chi connectivity index (χ1v) is 8.46. The maximum absolute atomic E-state index is 12.9. The zero-order chi connectivity index (χ0) is 16.0. The summed E-state index contributed by atoms with van der Waals surface area (Å²) in [5.74, 6) is -0.518. The first-order valence-electron chi connectivity index (χ1n) is 6.65.